The lowest BCUT2D eigenvalue weighted by Crippen LogP contribution is -2.46. The summed E-state index contributed by atoms with van der Waals surface area (Å²) in [5.74, 6) is 1.09. The Kier molecular flexibility index (Phi) is 4.33. The lowest BCUT2D eigenvalue weighted by atomic mass is 10.1. The van der Waals surface area contributed by atoms with Crippen LogP contribution >= 0.6 is 0 Å². The first-order valence-corrected chi connectivity index (χ1v) is 7.75. The van der Waals surface area contributed by atoms with E-state index in [-0.39, 0.29) is 0 Å². The van der Waals surface area contributed by atoms with Crippen LogP contribution in [0.4, 0.5) is 0 Å². The number of para-hydroxylation sites is 2. The molecule has 2 N–H and O–H groups in total. The number of H-pyrrole nitrogens is 1. The van der Waals surface area contributed by atoms with Crippen molar-refractivity contribution in [1.82, 2.24) is 20.2 Å². The van der Waals surface area contributed by atoms with E-state index < -0.39 is 0 Å². The topological polar surface area (TPSA) is 44.0 Å². The minimum Gasteiger partial charge on any atom is -0.341 e. The Balaban J connectivity index is 1.74. The molecule has 1 aromatic heterocycles. The number of aromatic nitrogens is 2. The molecule has 1 aromatic carbocycles. The number of hydrogen-bond donors (Lipinski definition) is 2. The Morgan fingerprint density at radius 2 is 2.25 bits per heavy atom. The van der Waals surface area contributed by atoms with E-state index in [1.165, 1.54) is 25.8 Å². The SMILES string of the molecule is CCCN(Cc1nc2ccccc2[nH]1)C1CCCNC1. The summed E-state index contributed by atoms with van der Waals surface area (Å²) in [6.45, 7) is 6.60. The molecule has 0 aliphatic carbocycles. The van der Waals surface area contributed by atoms with Crippen LogP contribution in [0.5, 0.6) is 0 Å². The van der Waals surface area contributed by atoms with E-state index >= 15 is 0 Å². The molecule has 0 saturated carbocycles. The van der Waals surface area contributed by atoms with Crippen molar-refractivity contribution in [2.45, 2.75) is 38.8 Å². The van der Waals surface area contributed by atoms with Crippen LogP contribution in [0.1, 0.15) is 32.0 Å². The van der Waals surface area contributed by atoms with E-state index in [9.17, 15) is 0 Å². The van der Waals surface area contributed by atoms with Crippen LogP contribution in [-0.4, -0.2) is 40.5 Å². The normalized spacial score (nSPS) is 19.8. The van der Waals surface area contributed by atoms with Crippen molar-refractivity contribution >= 4 is 11.0 Å². The first-order valence-electron chi connectivity index (χ1n) is 7.75. The highest BCUT2D eigenvalue weighted by atomic mass is 15.2. The second-order valence-corrected chi connectivity index (χ2v) is 5.67. The summed E-state index contributed by atoms with van der Waals surface area (Å²) in [5.41, 5.74) is 2.21. The molecule has 1 aliphatic rings. The van der Waals surface area contributed by atoms with Crippen LogP contribution in [0.3, 0.4) is 0 Å². The summed E-state index contributed by atoms with van der Waals surface area (Å²) < 4.78 is 0. The van der Waals surface area contributed by atoms with Crippen molar-refractivity contribution in [1.29, 1.82) is 0 Å². The molecule has 1 fully saturated rings. The highest BCUT2D eigenvalue weighted by molar-refractivity contribution is 5.74. The van der Waals surface area contributed by atoms with Gasteiger partial charge in [-0.3, -0.25) is 4.90 Å². The van der Waals surface area contributed by atoms with Crippen molar-refractivity contribution in [3.8, 4) is 0 Å². The van der Waals surface area contributed by atoms with Gasteiger partial charge in [0, 0.05) is 12.6 Å². The molecule has 1 aliphatic heterocycles. The quantitative estimate of drug-likeness (QED) is 0.879. The maximum absolute atomic E-state index is 4.71. The number of piperidine rings is 1. The molecular formula is C16H24N4. The number of benzene rings is 1. The van der Waals surface area contributed by atoms with Gasteiger partial charge < -0.3 is 10.3 Å². The first-order chi connectivity index (χ1) is 9.86. The predicted octanol–water partition coefficient (Wildman–Crippen LogP) is 2.53. The summed E-state index contributed by atoms with van der Waals surface area (Å²) in [4.78, 5) is 10.7. The van der Waals surface area contributed by atoms with Gasteiger partial charge >= 0.3 is 0 Å². The third-order valence-electron chi connectivity index (χ3n) is 4.09. The van der Waals surface area contributed by atoms with Gasteiger partial charge in [0.2, 0.25) is 0 Å². The molecule has 2 heterocycles. The van der Waals surface area contributed by atoms with Gasteiger partial charge in [-0.25, -0.2) is 4.98 Å². The predicted molar refractivity (Wildman–Crippen MR) is 82.7 cm³/mol. The van der Waals surface area contributed by atoms with Crippen LogP contribution in [0.15, 0.2) is 24.3 Å². The molecule has 0 radical (unpaired) electrons. The number of rotatable bonds is 5. The lowest BCUT2D eigenvalue weighted by Gasteiger charge is -2.33. The zero-order valence-electron chi connectivity index (χ0n) is 12.2. The maximum atomic E-state index is 4.71. The summed E-state index contributed by atoms with van der Waals surface area (Å²) in [6.07, 6.45) is 3.77. The van der Waals surface area contributed by atoms with E-state index in [4.69, 9.17) is 4.98 Å². The number of nitrogens with one attached hydrogen (secondary N) is 2. The van der Waals surface area contributed by atoms with Crippen LogP contribution in [0.2, 0.25) is 0 Å². The first kappa shape index (κ1) is 13.6. The van der Waals surface area contributed by atoms with E-state index in [1.807, 2.05) is 6.07 Å². The van der Waals surface area contributed by atoms with Crippen LogP contribution in [0, 0.1) is 0 Å². The molecule has 108 valence electrons. The molecule has 0 amide bonds. The summed E-state index contributed by atoms with van der Waals surface area (Å²) >= 11 is 0. The fourth-order valence-corrected chi connectivity index (χ4v) is 3.10. The Labute approximate surface area is 120 Å². The Morgan fingerprint density at radius 3 is 3.00 bits per heavy atom. The average Bonchev–Trinajstić information content (AvgIpc) is 2.90. The van der Waals surface area contributed by atoms with Gasteiger partial charge in [-0.15, -0.1) is 0 Å². The molecule has 1 atom stereocenters. The standard InChI is InChI=1S/C16H24N4/c1-2-10-20(13-6-5-9-17-11-13)12-16-18-14-7-3-4-8-15(14)19-16/h3-4,7-8,13,17H,2,5-6,9-12H2,1H3,(H,18,19). The number of nitrogens with zero attached hydrogens (tertiary/aromatic N) is 2. The number of imidazole rings is 1. The number of hydrogen-bond acceptors (Lipinski definition) is 3. The van der Waals surface area contributed by atoms with E-state index in [2.05, 4.69) is 40.3 Å². The van der Waals surface area contributed by atoms with Crippen molar-refractivity contribution in [2.24, 2.45) is 0 Å². The van der Waals surface area contributed by atoms with Crippen molar-refractivity contribution < 1.29 is 0 Å². The summed E-state index contributed by atoms with van der Waals surface area (Å²) in [6, 6.07) is 8.91. The summed E-state index contributed by atoms with van der Waals surface area (Å²) in [7, 11) is 0. The molecule has 1 saturated heterocycles. The average molecular weight is 272 g/mol. The molecule has 1 unspecified atom stereocenters. The van der Waals surface area contributed by atoms with Crippen LogP contribution < -0.4 is 5.32 Å². The molecule has 4 nitrogen and oxygen atoms in total. The van der Waals surface area contributed by atoms with Crippen LogP contribution in [-0.2, 0) is 6.54 Å². The Bertz CT molecular complexity index is 509. The van der Waals surface area contributed by atoms with Crippen molar-refractivity contribution in [2.75, 3.05) is 19.6 Å². The van der Waals surface area contributed by atoms with Gasteiger partial charge in [-0.05, 0) is 44.5 Å². The van der Waals surface area contributed by atoms with Crippen molar-refractivity contribution in [3.63, 3.8) is 0 Å². The zero-order chi connectivity index (χ0) is 13.8. The molecule has 0 spiro atoms. The highest BCUT2D eigenvalue weighted by Crippen LogP contribution is 2.16. The Morgan fingerprint density at radius 1 is 1.35 bits per heavy atom. The summed E-state index contributed by atoms with van der Waals surface area (Å²) in [5, 5.41) is 3.51. The lowest BCUT2D eigenvalue weighted by molar-refractivity contribution is 0.155. The van der Waals surface area contributed by atoms with E-state index in [0.717, 1.165) is 36.5 Å². The molecule has 4 heteroatoms. The number of aromatic amines is 1. The molecular weight excluding hydrogens is 248 g/mol. The molecule has 0 bridgehead atoms. The van der Waals surface area contributed by atoms with E-state index in [0.29, 0.717) is 6.04 Å². The molecule has 2 aromatic rings. The smallest absolute Gasteiger partial charge is 0.121 e. The minimum atomic E-state index is 0.650. The van der Waals surface area contributed by atoms with Gasteiger partial charge in [-0.2, -0.15) is 0 Å². The fraction of sp³-hybridized carbons (Fsp3) is 0.562. The fourth-order valence-electron chi connectivity index (χ4n) is 3.10. The van der Waals surface area contributed by atoms with E-state index in [1.54, 1.807) is 0 Å². The molecule has 20 heavy (non-hydrogen) atoms. The Hall–Kier alpha value is -1.39. The maximum Gasteiger partial charge on any atom is 0.121 e. The van der Waals surface area contributed by atoms with Gasteiger partial charge in [0.05, 0.1) is 17.6 Å². The van der Waals surface area contributed by atoms with Gasteiger partial charge in [-0.1, -0.05) is 19.1 Å². The van der Waals surface area contributed by atoms with Gasteiger partial charge in [0.15, 0.2) is 0 Å². The number of fused-ring (bicyclic) bond motifs is 1. The molecule has 3 rings (SSSR count). The highest BCUT2D eigenvalue weighted by Gasteiger charge is 2.21. The second-order valence-electron chi connectivity index (χ2n) is 5.67. The van der Waals surface area contributed by atoms with Gasteiger partial charge in [0.1, 0.15) is 5.82 Å². The largest absolute Gasteiger partial charge is 0.341 e. The minimum absolute atomic E-state index is 0.650. The van der Waals surface area contributed by atoms with Crippen molar-refractivity contribution in [3.05, 3.63) is 30.1 Å². The van der Waals surface area contributed by atoms with Gasteiger partial charge in [0.25, 0.3) is 0 Å². The zero-order valence-corrected chi connectivity index (χ0v) is 12.2. The third-order valence-corrected chi connectivity index (χ3v) is 4.09. The van der Waals surface area contributed by atoms with Crippen LogP contribution in [0.25, 0.3) is 11.0 Å². The third kappa shape index (κ3) is 3.02. The second kappa shape index (κ2) is 6.37. The monoisotopic (exact) mass is 272 g/mol.